The van der Waals surface area contributed by atoms with Crippen molar-refractivity contribution in [3.63, 3.8) is 0 Å². The molecule has 6 heteroatoms. The maximum absolute atomic E-state index is 5.89. The van der Waals surface area contributed by atoms with Crippen molar-refractivity contribution in [1.82, 2.24) is 10.9 Å². The number of halogens is 1. The molecule has 1 fully saturated rings. The van der Waals surface area contributed by atoms with Gasteiger partial charge in [0.05, 0.1) is 18.3 Å². The Morgan fingerprint density at radius 2 is 2.15 bits per heavy atom. The van der Waals surface area contributed by atoms with Crippen LogP contribution in [-0.4, -0.2) is 24.4 Å². The molecule has 1 saturated heterocycles. The van der Waals surface area contributed by atoms with Crippen LogP contribution in [0, 0.1) is 0 Å². The zero-order valence-corrected chi connectivity index (χ0v) is 12.5. The molecule has 1 aromatic rings. The van der Waals surface area contributed by atoms with Crippen LogP contribution in [0.5, 0.6) is 0 Å². The lowest BCUT2D eigenvalue weighted by Crippen LogP contribution is -2.37. The van der Waals surface area contributed by atoms with Crippen molar-refractivity contribution in [3.05, 3.63) is 40.3 Å². The average molecular weight is 310 g/mol. The summed E-state index contributed by atoms with van der Waals surface area (Å²) in [6.07, 6.45) is 2.54. The van der Waals surface area contributed by atoms with Gasteiger partial charge in [-0.2, -0.15) is 0 Å². The quantitative estimate of drug-likeness (QED) is 0.901. The van der Waals surface area contributed by atoms with Crippen molar-refractivity contribution in [2.45, 2.75) is 18.9 Å². The van der Waals surface area contributed by atoms with E-state index in [0.29, 0.717) is 0 Å². The first-order valence-corrected chi connectivity index (χ1v) is 7.88. The molecule has 0 bridgehead atoms. The van der Waals surface area contributed by atoms with Crippen LogP contribution >= 0.6 is 23.4 Å². The maximum atomic E-state index is 5.89. The Morgan fingerprint density at radius 3 is 2.80 bits per heavy atom. The number of thioether (sulfide) groups is 1. The van der Waals surface area contributed by atoms with Crippen molar-refractivity contribution in [2.75, 3.05) is 13.2 Å². The molecule has 0 amide bonds. The fourth-order valence-corrected chi connectivity index (χ4v) is 2.92. The smallest absolute Gasteiger partial charge is 0.179 e. The van der Waals surface area contributed by atoms with Gasteiger partial charge < -0.3 is 4.74 Å². The third-order valence-corrected chi connectivity index (χ3v) is 4.27. The fraction of sp³-hybridized carbons (Fsp3) is 0.357. The number of hydrogen-bond acceptors (Lipinski definition) is 4. The number of ether oxygens (including phenoxy) is 1. The van der Waals surface area contributed by atoms with Gasteiger partial charge >= 0.3 is 0 Å². The van der Waals surface area contributed by atoms with Crippen molar-refractivity contribution in [2.24, 2.45) is 4.99 Å². The lowest BCUT2D eigenvalue weighted by Gasteiger charge is -2.19. The Hall–Kier alpha value is -1.17. The number of benzene rings is 1. The first-order chi connectivity index (χ1) is 9.81. The Labute approximate surface area is 127 Å². The van der Waals surface area contributed by atoms with E-state index < -0.39 is 0 Å². The van der Waals surface area contributed by atoms with E-state index in [9.17, 15) is 0 Å². The Kier molecular flexibility index (Phi) is 4.50. The summed E-state index contributed by atoms with van der Waals surface area (Å²) < 4.78 is 5.55. The van der Waals surface area contributed by atoms with Crippen LogP contribution in [0.4, 0.5) is 0 Å². The van der Waals surface area contributed by atoms with Crippen LogP contribution in [0.15, 0.2) is 34.7 Å². The van der Waals surface area contributed by atoms with E-state index in [0.717, 1.165) is 47.4 Å². The summed E-state index contributed by atoms with van der Waals surface area (Å²) in [5.41, 5.74) is 8.38. The monoisotopic (exact) mass is 309 g/mol. The standard InChI is InChI=1S/C14H16ClN3OS/c15-11-5-3-10(4-6-11)13-9-20-14(18-17-13)16-8-12-2-1-7-19-12/h3-6,9,12,17H,1-2,7-8H2,(H,16,18)/t12-/m0/s1. The molecule has 20 heavy (non-hydrogen) atoms. The second-order valence-electron chi connectivity index (χ2n) is 4.69. The van der Waals surface area contributed by atoms with Gasteiger partial charge in [0.1, 0.15) is 0 Å². The summed E-state index contributed by atoms with van der Waals surface area (Å²) in [5, 5.41) is 3.66. The molecule has 4 nitrogen and oxygen atoms in total. The molecule has 3 rings (SSSR count). The molecular formula is C14H16ClN3OS. The lowest BCUT2D eigenvalue weighted by molar-refractivity contribution is 0.118. The molecule has 0 spiro atoms. The number of nitrogens with zero attached hydrogens (tertiary/aromatic N) is 1. The molecule has 1 atom stereocenters. The third kappa shape index (κ3) is 3.48. The van der Waals surface area contributed by atoms with Crippen molar-refractivity contribution in [3.8, 4) is 0 Å². The van der Waals surface area contributed by atoms with Gasteiger partial charge in [-0.1, -0.05) is 35.5 Å². The minimum absolute atomic E-state index is 0.284. The van der Waals surface area contributed by atoms with Gasteiger partial charge in [-0.15, -0.1) is 0 Å². The van der Waals surface area contributed by atoms with Gasteiger partial charge in [0.2, 0.25) is 0 Å². The Balaban J connectivity index is 1.59. The zero-order valence-electron chi connectivity index (χ0n) is 10.9. The highest BCUT2D eigenvalue weighted by molar-refractivity contribution is 8.16. The van der Waals surface area contributed by atoms with E-state index in [1.165, 1.54) is 0 Å². The van der Waals surface area contributed by atoms with E-state index in [2.05, 4.69) is 15.8 Å². The largest absolute Gasteiger partial charge is 0.376 e. The molecular weight excluding hydrogens is 294 g/mol. The zero-order chi connectivity index (χ0) is 13.8. The van der Waals surface area contributed by atoms with Gasteiger partial charge in [0, 0.05) is 22.6 Å². The van der Waals surface area contributed by atoms with Crippen LogP contribution in [-0.2, 0) is 4.74 Å². The summed E-state index contributed by atoms with van der Waals surface area (Å²) in [7, 11) is 0. The Morgan fingerprint density at radius 1 is 1.30 bits per heavy atom. The minimum Gasteiger partial charge on any atom is -0.376 e. The van der Waals surface area contributed by atoms with Crippen LogP contribution in [0.25, 0.3) is 5.70 Å². The molecule has 0 radical (unpaired) electrons. The molecule has 0 aromatic heterocycles. The number of nitrogens with one attached hydrogen (secondary N) is 2. The SMILES string of the molecule is Clc1ccc(C2=CSC(=NC[C@@H]3CCCO3)NN2)cc1. The average Bonchev–Trinajstić information content (AvgIpc) is 3.00. The highest BCUT2D eigenvalue weighted by Gasteiger charge is 2.16. The van der Waals surface area contributed by atoms with E-state index in [-0.39, 0.29) is 6.10 Å². The summed E-state index contributed by atoms with van der Waals surface area (Å²) in [5.74, 6) is 0. The van der Waals surface area contributed by atoms with Gasteiger partial charge in [0.15, 0.2) is 5.17 Å². The van der Waals surface area contributed by atoms with E-state index in [1.54, 1.807) is 11.8 Å². The molecule has 2 heterocycles. The van der Waals surface area contributed by atoms with Gasteiger partial charge in [-0.3, -0.25) is 15.8 Å². The second-order valence-corrected chi connectivity index (χ2v) is 5.98. The molecule has 0 saturated carbocycles. The number of amidine groups is 1. The summed E-state index contributed by atoms with van der Waals surface area (Å²) >= 11 is 7.47. The molecule has 0 unspecified atom stereocenters. The van der Waals surface area contributed by atoms with Crippen molar-refractivity contribution in [1.29, 1.82) is 0 Å². The lowest BCUT2D eigenvalue weighted by atomic mass is 10.2. The summed E-state index contributed by atoms with van der Waals surface area (Å²) in [4.78, 5) is 4.52. The van der Waals surface area contributed by atoms with Crippen LogP contribution in [0.3, 0.4) is 0 Å². The minimum atomic E-state index is 0.284. The number of aliphatic imine (C=N–C) groups is 1. The van der Waals surface area contributed by atoms with Gasteiger partial charge in [-0.25, -0.2) is 0 Å². The highest BCUT2D eigenvalue weighted by Crippen LogP contribution is 2.21. The molecule has 2 N–H and O–H groups in total. The number of hydrogen-bond donors (Lipinski definition) is 2. The molecule has 2 aliphatic heterocycles. The van der Waals surface area contributed by atoms with Crippen molar-refractivity contribution >= 4 is 34.2 Å². The number of hydrazine groups is 1. The molecule has 0 aliphatic carbocycles. The summed E-state index contributed by atoms with van der Waals surface area (Å²) in [6, 6.07) is 7.73. The molecule has 2 aliphatic rings. The van der Waals surface area contributed by atoms with E-state index in [4.69, 9.17) is 16.3 Å². The van der Waals surface area contributed by atoms with Crippen LogP contribution in [0.1, 0.15) is 18.4 Å². The molecule has 106 valence electrons. The second kappa shape index (κ2) is 6.52. The maximum Gasteiger partial charge on any atom is 0.179 e. The fourth-order valence-electron chi connectivity index (χ4n) is 2.11. The predicted molar refractivity (Wildman–Crippen MR) is 84.6 cm³/mol. The topological polar surface area (TPSA) is 45.6 Å². The first kappa shape index (κ1) is 13.8. The van der Waals surface area contributed by atoms with Crippen LogP contribution < -0.4 is 10.9 Å². The molecule has 1 aromatic carbocycles. The van der Waals surface area contributed by atoms with Gasteiger partial charge in [0.25, 0.3) is 0 Å². The normalized spacial score (nSPS) is 24.1. The first-order valence-electron chi connectivity index (χ1n) is 6.62. The Bertz CT molecular complexity index is 524. The van der Waals surface area contributed by atoms with Crippen LogP contribution in [0.2, 0.25) is 5.02 Å². The van der Waals surface area contributed by atoms with E-state index in [1.807, 2.05) is 29.7 Å². The van der Waals surface area contributed by atoms with Crippen molar-refractivity contribution < 1.29 is 4.74 Å². The van der Waals surface area contributed by atoms with E-state index >= 15 is 0 Å². The summed E-state index contributed by atoms with van der Waals surface area (Å²) in [6.45, 7) is 1.59. The number of rotatable bonds is 3. The third-order valence-electron chi connectivity index (χ3n) is 3.21. The highest BCUT2D eigenvalue weighted by atomic mass is 35.5. The predicted octanol–water partition coefficient (Wildman–Crippen LogP) is 3.01. The van der Waals surface area contributed by atoms with Gasteiger partial charge in [-0.05, 0) is 25.0 Å².